The molecule has 152 valence electrons. The van der Waals surface area contributed by atoms with E-state index >= 15 is 0 Å². The van der Waals surface area contributed by atoms with Crippen molar-refractivity contribution in [2.45, 2.75) is 24.8 Å². The number of benzene rings is 2. The van der Waals surface area contributed by atoms with Crippen LogP contribution < -0.4 is 9.47 Å². The number of aromatic nitrogens is 2. The molecule has 2 aromatic carbocycles. The quantitative estimate of drug-likeness (QED) is 0.373. The fourth-order valence-electron chi connectivity index (χ4n) is 2.47. The van der Waals surface area contributed by atoms with Crippen LogP contribution in [0.5, 0.6) is 11.5 Å². The van der Waals surface area contributed by atoms with Gasteiger partial charge in [-0.25, -0.2) is 0 Å². The summed E-state index contributed by atoms with van der Waals surface area (Å²) in [6.45, 7) is 4.25. The van der Waals surface area contributed by atoms with Gasteiger partial charge >= 0.3 is 5.97 Å². The van der Waals surface area contributed by atoms with Gasteiger partial charge in [0.05, 0.1) is 19.5 Å². The van der Waals surface area contributed by atoms with E-state index in [1.807, 2.05) is 43.3 Å². The van der Waals surface area contributed by atoms with Crippen molar-refractivity contribution in [3.8, 4) is 23.0 Å². The maximum atomic E-state index is 12.1. The molecule has 0 radical (unpaired) electrons. The Morgan fingerprint density at radius 3 is 2.41 bits per heavy atom. The summed E-state index contributed by atoms with van der Waals surface area (Å²) in [4.78, 5) is 13.1. The first-order valence-electron chi connectivity index (χ1n) is 9.12. The van der Waals surface area contributed by atoms with E-state index in [4.69, 9.17) is 18.6 Å². The van der Waals surface area contributed by atoms with E-state index in [9.17, 15) is 4.79 Å². The molecule has 0 bridgehead atoms. The minimum atomic E-state index is -0.636. The molecule has 0 saturated carbocycles. The van der Waals surface area contributed by atoms with Crippen molar-refractivity contribution in [2.24, 2.45) is 0 Å². The van der Waals surface area contributed by atoms with Crippen molar-refractivity contribution in [3.05, 3.63) is 54.4 Å². The molecule has 0 fully saturated rings. The maximum Gasteiger partial charge on any atom is 0.317 e. The molecule has 0 aliphatic rings. The van der Waals surface area contributed by atoms with Gasteiger partial charge in [0.25, 0.3) is 5.89 Å². The van der Waals surface area contributed by atoms with E-state index in [-0.39, 0.29) is 17.6 Å². The second-order valence-corrected chi connectivity index (χ2v) is 7.05. The van der Waals surface area contributed by atoms with Gasteiger partial charge in [-0.2, -0.15) is 0 Å². The molecule has 1 heterocycles. The summed E-state index contributed by atoms with van der Waals surface area (Å²) in [6, 6.07) is 14.8. The number of hydrogen-bond acceptors (Lipinski definition) is 8. The van der Waals surface area contributed by atoms with Gasteiger partial charge in [0.2, 0.25) is 5.89 Å². The number of carbonyl (C=O) groups excluding carboxylic acids is 1. The van der Waals surface area contributed by atoms with Crippen molar-refractivity contribution >= 4 is 17.7 Å². The third-order valence-corrected chi connectivity index (χ3v) is 4.91. The highest BCUT2D eigenvalue weighted by atomic mass is 32.2. The molecule has 0 amide bonds. The molecule has 1 atom stereocenters. The molecular weight excluding hydrogens is 392 g/mol. The average Bonchev–Trinajstić information content (AvgIpc) is 3.24. The second-order valence-electron chi connectivity index (χ2n) is 6.00. The van der Waals surface area contributed by atoms with E-state index in [1.54, 1.807) is 26.2 Å². The van der Waals surface area contributed by atoms with Crippen molar-refractivity contribution in [1.29, 1.82) is 0 Å². The molecule has 0 saturated heterocycles. The van der Waals surface area contributed by atoms with Crippen LogP contribution >= 0.6 is 11.8 Å². The summed E-state index contributed by atoms with van der Waals surface area (Å²) in [7, 11) is 1.60. The molecule has 3 aromatic rings. The lowest BCUT2D eigenvalue weighted by molar-refractivity contribution is -0.146. The highest BCUT2D eigenvalue weighted by molar-refractivity contribution is 8.00. The zero-order valence-electron chi connectivity index (χ0n) is 16.5. The van der Waals surface area contributed by atoms with E-state index in [1.165, 1.54) is 11.8 Å². The summed E-state index contributed by atoms with van der Waals surface area (Å²) >= 11 is 1.39. The Hall–Kier alpha value is -3.00. The van der Waals surface area contributed by atoms with Crippen LogP contribution in [-0.4, -0.2) is 35.6 Å². The van der Waals surface area contributed by atoms with E-state index in [0.29, 0.717) is 12.5 Å². The average molecular weight is 414 g/mol. The molecule has 1 aromatic heterocycles. The SMILES string of the molecule is CCOc1ccc(SCC(=O)O[C@H](C)c2nnc(-c3ccc(OC)cc3)o2)cc1. The first-order valence-corrected chi connectivity index (χ1v) is 10.1. The molecule has 0 spiro atoms. The molecule has 29 heavy (non-hydrogen) atoms. The van der Waals surface area contributed by atoms with Crippen LogP contribution in [0.25, 0.3) is 11.5 Å². The molecule has 7 nitrogen and oxygen atoms in total. The molecule has 0 unspecified atom stereocenters. The summed E-state index contributed by atoms with van der Waals surface area (Å²) in [5, 5.41) is 8.01. The highest BCUT2D eigenvalue weighted by Crippen LogP contribution is 2.25. The van der Waals surface area contributed by atoms with Crippen LogP contribution in [0.15, 0.2) is 57.8 Å². The third kappa shape index (κ3) is 5.74. The maximum absolute atomic E-state index is 12.1. The van der Waals surface area contributed by atoms with E-state index < -0.39 is 6.10 Å². The Bertz CT molecular complexity index is 925. The van der Waals surface area contributed by atoms with Crippen molar-refractivity contribution < 1.29 is 23.4 Å². The molecule has 0 aliphatic heterocycles. The third-order valence-electron chi connectivity index (χ3n) is 3.93. The van der Waals surface area contributed by atoms with Gasteiger partial charge in [-0.1, -0.05) is 0 Å². The number of ether oxygens (including phenoxy) is 3. The Morgan fingerprint density at radius 2 is 1.76 bits per heavy atom. The van der Waals surface area contributed by atoms with Crippen molar-refractivity contribution in [1.82, 2.24) is 10.2 Å². The van der Waals surface area contributed by atoms with Gasteiger partial charge in [-0.15, -0.1) is 22.0 Å². The zero-order chi connectivity index (χ0) is 20.6. The lowest BCUT2D eigenvalue weighted by Gasteiger charge is -2.09. The second kappa shape index (κ2) is 9.97. The summed E-state index contributed by atoms with van der Waals surface area (Å²) in [5.74, 6) is 1.96. The standard InChI is InChI=1S/C21H22N2O5S/c1-4-26-17-9-11-18(12-10-17)29-13-19(24)27-14(2)20-22-23-21(28-20)15-5-7-16(25-3)8-6-15/h5-12,14H,4,13H2,1-3H3/t14-/m1/s1. The van der Waals surface area contributed by atoms with Crippen molar-refractivity contribution in [2.75, 3.05) is 19.5 Å². The molecule has 0 aliphatic carbocycles. The molecule has 3 rings (SSSR count). The number of nitrogens with zero attached hydrogens (tertiary/aromatic N) is 2. The zero-order valence-corrected chi connectivity index (χ0v) is 17.3. The highest BCUT2D eigenvalue weighted by Gasteiger charge is 2.19. The Morgan fingerprint density at radius 1 is 1.07 bits per heavy atom. The lowest BCUT2D eigenvalue weighted by Crippen LogP contribution is -2.11. The Labute approximate surface area is 173 Å². The number of methoxy groups -OCH3 is 1. The normalized spacial score (nSPS) is 11.7. The van der Waals surface area contributed by atoms with Gasteiger partial charge in [0, 0.05) is 10.5 Å². The monoisotopic (exact) mass is 414 g/mol. The van der Waals surface area contributed by atoms with Gasteiger partial charge < -0.3 is 18.6 Å². The minimum Gasteiger partial charge on any atom is -0.497 e. The summed E-state index contributed by atoms with van der Waals surface area (Å²) in [6.07, 6.45) is -0.636. The number of rotatable bonds is 9. The molecule has 0 N–H and O–H groups in total. The van der Waals surface area contributed by atoms with Crippen molar-refractivity contribution in [3.63, 3.8) is 0 Å². The van der Waals surface area contributed by atoms with Crippen LogP contribution in [0.1, 0.15) is 25.8 Å². The number of esters is 1. The predicted octanol–water partition coefficient (Wildman–Crippen LogP) is 4.54. The van der Waals surface area contributed by atoms with Gasteiger partial charge in [0.1, 0.15) is 11.5 Å². The predicted molar refractivity (Wildman–Crippen MR) is 109 cm³/mol. The summed E-state index contributed by atoms with van der Waals surface area (Å²) < 4.78 is 21.6. The van der Waals surface area contributed by atoms with Crippen LogP contribution in [-0.2, 0) is 9.53 Å². The number of carbonyl (C=O) groups is 1. The number of hydrogen-bond donors (Lipinski definition) is 0. The molecule has 8 heteroatoms. The first-order chi connectivity index (χ1) is 14.1. The largest absolute Gasteiger partial charge is 0.497 e. The first kappa shape index (κ1) is 20.7. The van der Waals surface area contributed by atoms with Crippen LogP contribution in [0, 0.1) is 0 Å². The van der Waals surface area contributed by atoms with E-state index in [2.05, 4.69) is 10.2 Å². The van der Waals surface area contributed by atoms with Gasteiger partial charge in [0.15, 0.2) is 6.10 Å². The molecular formula is C21H22N2O5S. The van der Waals surface area contributed by atoms with Crippen LogP contribution in [0.2, 0.25) is 0 Å². The Balaban J connectivity index is 1.52. The smallest absolute Gasteiger partial charge is 0.317 e. The Kier molecular flexibility index (Phi) is 7.13. The van der Waals surface area contributed by atoms with Crippen LogP contribution in [0.4, 0.5) is 0 Å². The fraction of sp³-hybridized carbons (Fsp3) is 0.286. The summed E-state index contributed by atoms with van der Waals surface area (Å²) in [5.41, 5.74) is 0.758. The van der Waals surface area contributed by atoms with Crippen LogP contribution in [0.3, 0.4) is 0 Å². The van der Waals surface area contributed by atoms with Gasteiger partial charge in [-0.3, -0.25) is 4.79 Å². The topological polar surface area (TPSA) is 83.7 Å². The fourth-order valence-corrected chi connectivity index (χ4v) is 3.15. The lowest BCUT2D eigenvalue weighted by atomic mass is 10.2. The van der Waals surface area contributed by atoms with Gasteiger partial charge in [-0.05, 0) is 62.4 Å². The number of thioether (sulfide) groups is 1. The van der Waals surface area contributed by atoms with E-state index in [0.717, 1.165) is 22.0 Å². The minimum absolute atomic E-state index is 0.178.